The molecule has 1 unspecified atom stereocenters. The molecule has 72 heavy (non-hydrogen) atoms. The molecule has 348 valence electrons. The van der Waals surface area contributed by atoms with Crippen LogP contribution in [0.2, 0.25) is 0 Å². The van der Waals surface area contributed by atoms with E-state index in [1.807, 2.05) is 15.9 Å². The molecule has 1 atom stereocenters. The first-order chi connectivity index (χ1) is 35.0. The number of carboxylic acid groups (broad SMARTS) is 1. The highest BCUT2D eigenvalue weighted by molar-refractivity contribution is 7.25. The van der Waals surface area contributed by atoms with Crippen molar-refractivity contribution in [1.29, 1.82) is 0 Å². The first kappa shape index (κ1) is 43.0. The van der Waals surface area contributed by atoms with E-state index in [-0.39, 0.29) is 16.4 Å². The Morgan fingerprint density at radius 1 is 0.556 bits per heavy atom. The Hall–Kier alpha value is -7.88. The molecule has 3 aliphatic rings. The average Bonchev–Trinajstić information content (AvgIpc) is 4.25. The summed E-state index contributed by atoms with van der Waals surface area (Å²) in [5, 5.41) is 12.0. The number of anilines is 3. The van der Waals surface area contributed by atoms with Gasteiger partial charge in [0.1, 0.15) is 5.82 Å². The Labute approximate surface area is 425 Å². The number of methoxy groups -OCH3 is 1. The van der Waals surface area contributed by atoms with E-state index in [0.29, 0.717) is 0 Å². The second-order valence-electron chi connectivity index (χ2n) is 20.3. The van der Waals surface area contributed by atoms with Gasteiger partial charge in [-0.15, -0.1) is 22.7 Å². The quantitative estimate of drug-likeness (QED) is 0.164. The normalized spacial score (nSPS) is 15.3. The molecule has 0 saturated heterocycles. The van der Waals surface area contributed by atoms with E-state index in [2.05, 4.69) is 196 Å². The Kier molecular flexibility index (Phi) is 9.28. The summed E-state index contributed by atoms with van der Waals surface area (Å²) in [5.41, 5.74) is 19.9. The second-order valence-corrected chi connectivity index (χ2v) is 22.5. The zero-order valence-electron chi connectivity index (χ0n) is 40.3. The molecule has 0 saturated carbocycles. The molecule has 8 aromatic carbocycles. The van der Waals surface area contributed by atoms with Crippen molar-refractivity contribution < 1.29 is 14.6 Å². The molecule has 0 bridgehead atoms. The third-order valence-corrected chi connectivity index (χ3v) is 18.2. The van der Waals surface area contributed by atoms with Crippen molar-refractivity contribution in [3.8, 4) is 64.3 Å². The fraction of sp³-hybridized carbons (Fsp3) is 0.125. The minimum Gasteiger partial charge on any atom is -0.478 e. The summed E-state index contributed by atoms with van der Waals surface area (Å²) in [4.78, 5) is 24.3. The lowest BCUT2D eigenvalue weighted by Crippen LogP contribution is -2.18. The van der Waals surface area contributed by atoms with Crippen molar-refractivity contribution in [1.82, 2.24) is 9.55 Å². The van der Waals surface area contributed by atoms with Crippen LogP contribution in [0.1, 0.15) is 72.1 Å². The number of hydrogen-bond acceptors (Lipinski definition) is 6. The molecule has 0 amide bonds. The molecule has 0 radical (unpaired) electrons. The summed E-state index contributed by atoms with van der Waals surface area (Å²) >= 11 is 3.63. The van der Waals surface area contributed by atoms with Gasteiger partial charge in [0.05, 0.1) is 16.6 Å². The van der Waals surface area contributed by atoms with Crippen LogP contribution in [0.3, 0.4) is 0 Å². The summed E-state index contributed by atoms with van der Waals surface area (Å²) in [6.07, 6.45) is -0.462. The average molecular weight is 970 g/mol. The van der Waals surface area contributed by atoms with Gasteiger partial charge in [0.25, 0.3) is 0 Å². The van der Waals surface area contributed by atoms with Crippen LogP contribution in [0, 0.1) is 0 Å². The number of aromatic carboxylic acids is 1. The zero-order valence-corrected chi connectivity index (χ0v) is 42.0. The van der Waals surface area contributed by atoms with Crippen molar-refractivity contribution in [2.45, 2.75) is 44.8 Å². The van der Waals surface area contributed by atoms with Crippen LogP contribution >= 0.6 is 22.7 Å². The largest absolute Gasteiger partial charge is 0.478 e. The Balaban J connectivity index is 0.802. The molecule has 2 aliphatic carbocycles. The maximum atomic E-state index is 11.9. The topological polar surface area (TPSA) is 67.6 Å². The molecule has 1 aliphatic heterocycles. The van der Waals surface area contributed by atoms with Gasteiger partial charge in [0, 0.05) is 71.0 Å². The smallest absolute Gasteiger partial charge is 0.335 e. The molecule has 0 spiro atoms. The SMILES string of the molecule is COC1c2cccc3c(-c4ccc(-c5ccc(-c6ccc(N(c7ccc8c(c7)C(C)(C)c7ccccc7-8)c7ccc8c(c7)C(C)(C)c7ccccc7-8)cc6)s5)s4)ccc(c23)-c2nc3ccc(C(=O)O)cc3n21. The zero-order chi connectivity index (χ0) is 48.8. The van der Waals surface area contributed by atoms with E-state index >= 15 is 0 Å². The van der Waals surface area contributed by atoms with Gasteiger partial charge in [-0.05, 0) is 146 Å². The maximum Gasteiger partial charge on any atom is 0.335 e. The number of nitrogens with zero attached hydrogens (tertiary/aromatic N) is 3. The number of carbonyl (C=O) groups is 1. The van der Waals surface area contributed by atoms with Gasteiger partial charge in [-0.25, -0.2) is 9.78 Å². The lowest BCUT2D eigenvalue weighted by Gasteiger charge is -2.30. The van der Waals surface area contributed by atoms with Crippen LogP contribution in [0.5, 0.6) is 0 Å². The van der Waals surface area contributed by atoms with Gasteiger partial charge < -0.3 is 14.7 Å². The van der Waals surface area contributed by atoms with E-state index in [0.717, 1.165) is 61.4 Å². The first-order valence-corrected chi connectivity index (χ1v) is 26.0. The fourth-order valence-electron chi connectivity index (χ4n) is 12.2. The minimum atomic E-state index is -0.972. The molecule has 8 heteroatoms. The van der Waals surface area contributed by atoms with Gasteiger partial charge in [-0.2, -0.15) is 0 Å². The fourth-order valence-corrected chi connectivity index (χ4v) is 14.3. The summed E-state index contributed by atoms with van der Waals surface area (Å²) in [7, 11) is 1.70. The van der Waals surface area contributed by atoms with Crippen molar-refractivity contribution in [2.24, 2.45) is 0 Å². The number of fused-ring (bicyclic) bond motifs is 10. The van der Waals surface area contributed by atoms with Crippen LogP contribution < -0.4 is 4.90 Å². The van der Waals surface area contributed by atoms with Crippen molar-refractivity contribution >= 4 is 67.5 Å². The van der Waals surface area contributed by atoms with Gasteiger partial charge in [0.15, 0.2) is 6.23 Å². The molecular weight excluding hydrogens is 923 g/mol. The molecule has 11 aromatic rings. The molecule has 1 N–H and O–H groups in total. The van der Waals surface area contributed by atoms with Crippen LogP contribution in [0.15, 0.2) is 182 Å². The van der Waals surface area contributed by atoms with Crippen LogP contribution in [-0.2, 0) is 15.6 Å². The predicted octanol–water partition coefficient (Wildman–Crippen LogP) is 17.3. The van der Waals surface area contributed by atoms with Crippen molar-refractivity contribution in [2.75, 3.05) is 12.0 Å². The van der Waals surface area contributed by atoms with Gasteiger partial charge in [0.2, 0.25) is 0 Å². The monoisotopic (exact) mass is 969 g/mol. The van der Waals surface area contributed by atoms with E-state index in [4.69, 9.17) is 9.72 Å². The standard InChI is InChI=1S/C64H47N3O3S2/c1-63(2)49-15-8-6-11-41(49)43-24-22-39(34-51(43)63)66(40-23-25-44-42-12-7-9-16-50(42)64(3,4)52(44)35-40)38-20-17-36(18-21-38)55-29-31-57(71-55)58-32-30-56(72-58)45-26-27-47-59-46(45)13-10-14-48(59)61(70-5)67-54-33-37(62(68)69)19-28-53(54)65-60(47)67/h6-35,61H,1-5H3,(H,68,69). The Morgan fingerprint density at radius 2 is 1.11 bits per heavy atom. The van der Waals surface area contributed by atoms with E-state index < -0.39 is 12.2 Å². The highest BCUT2D eigenvalue weighted by atomic mass is 32.1. The van der Waals surface area contributed by atoms with Gasteiger partial charge in [-0.1, -0.05) is 125 Å². The maximum absolute atomic E-state index is 11.9. The first-order valence-electron chi connectivity index (χ1n) is 24.4. The molecule has 4 heterocycles. The Bertz CT molecular complexity index is 3990. The van der Waals surface area contributed by atoms with Gasteiger partial charge >= 0.3 is 5.97 Å². The van der Waals surface area contributed by atoms with Crippen LogP contribution in [0.4, 0.5) is 17.1 Å². The highest BCUT2D eigenvalue weighted by Gasteiger charge is 2.38. The summed E-state index contributed by atoms with van der Waals surface area (Å²) in [5.74, 6) is -0.203. The van der Waals surface area contributed by atoms with E-state index in [9.17, 15) is 9.90 Å². The summed E-state index contributed by atoms with van der Waals surface area (Å²) < 4.78 is 8.21. The number of thiophene rings is 2. The van der Waals surface area contributed by atoms with Crippen molar-refractivity contribution in [3.63, 3.8) is 0 Å². The summed E-state index contributed by atoms with van der Waals surface area (Å²) in [6.45, 7) is 9.42. The van der Waals surface area contributed by atoms with Crippen molar-refractivity contribution in [3.05, 3.63) is 215 Å². The van der Waals surface area contributed by atoms with Crippen LogP contribution in [0.25, 0.3) is 86.1 Å². The molecule has 0 fully saturated rings. The number of aromatic nitrogens is 2. The highest BCUT2D eigenvalue weighted by Crippen LogP contribution is 2.54. The number of hydrogen-bond donors (Lipinski definition) is 1. The lowest BCUT2D eigenvalue weighted by atomic mass is 9.82. The predicted molar refractivity (Wildman–Crippen MR) is 297 cm³/mol. The number of imidazole rings is 1. The Morgan fingerprint density at radius 3 is 1.75 bits per heavy atom. The lowest BCUT2D eigenvalue weighted by molar-refractivity contribution is 0.0696. The van der Waals surface area contributed by atoms with Crippen LogP contribution in [-0.4, -0.2) is 27.7 Å². The second kappa shape index (κ2) is 15.6. The third kappa shape index (κ3) is 6.16. The molecular formula is C64H47N3O3S2. The van der Waals surface area contributed by atoms with Gasteiger partial charge in [-0.3, -0.25) is 4.57 Å². The number of benzene rings is 8. The molecule has 14 rings (SSSR count). The number of rotatable bonds is 8. The van der Waals surface area contributed by atoms with E-state index in [1.54, 1.807) is 36.6 Å². The molecule has 3 aromatic heterocycles. The number of carboxylic acids is 1. The summed E-state index contributed by atoms with van der Waals surface area (Å²) in [6, 6.07) is 65.8. The minimum absolute atomic E-state index is 0.124. The number of ether oxygens (including phenoxy) is 1. The third-order valence-electron chi connectivity index (χ3n) is 15.8. The van der Waals surface area contributed by atoms with E-state index in [1.165, 1.54) is 69.6 Å². The molecule has 6 nitrogen and oxygen atoms in total.